The van der Waals surface area contributed by atoms with E-state index in [1.807, 2.05) is 17.7 Å². The van der Waals surface area contributed by atoms with Gasteiger partial charge in [-0.1, -0.05) is 24.4 Å². The minimum atomic E-state index is -0.935. The Kier molecular flexibility index (Phi) is 7.12. The number of aryl methyl sites for hydroxylation is 1. The summed E-state index contributed by atoms with van der Waals surface area (Å²) in [5.41, 5.74) is 3.93. The second kappa shape index (κ2) is 10.7. The van der Waals surface area contributed by atoms with Crippen LogP contribution in [0.15, 0.2) is 30.7 Å². The van der Waals surface area contributed by atoms with E-state index in [1.54, 1.807) is 34.5 Å². The zero-order chi connectivity index (χ0) is 28.0. The van der Waals surface area contributed by atoms with Crippen LogP contribution < -0.4 is 4.74 Å². The first kappa shape index (κ1) is 26.6. The van der Waals surface area contributed by atoms with Crippen molar-refractivity contribution in [3.8, 4) is 5.75 Å². The Morgan fingerprint density at radius 2 is 1.90 bits per heavy atom. The highest BCUT2D eigenvalue weighted by molar-refractivity contribution is 6.31. The van der Waals surface area contributed by atoms with Crippen molar-refractivity contribution in [2.45, 2.75) is 57.7 Å². The number of rotatable bonds is 6. The molecule has 0 spiro atoms. The van der Waals surface area contributed by atoms with Crippen molar-refractivity contribution in [1.29, 1.82) is 0 Å². The highest BCUT2D eigenvalue weighted by Gasteiger charge is 2.46. The second-order valence-electron chi connectivity index (χ2n) is 10.9. The molecule has 3 aliphatic rings. The van der Waals surface area contributed by atoms with E-state index >= 15 is 0 Å². The number of likely N-dealkylation sites (tertiary alicyclic amines) is 1. The minimum absolute atomic E-state index is 0.0372. The van der Waals surface area contributed by atoms with Gasteiger partial charge in [0.05, 0.1) is 18.2 Å². The number of carboxylic acids is 1. The zero-order valence-corrected chi connectivity index (χ0v) is 23.1. The number of imidazole rings is 1. The Balaban J connectivity index is 1.37. The quantitative estimate of drug-likeness (QED) is 0.478. The van der Waals surface area contributed by atoms with Crippen molar-refractivity contribution in [3.05, 3.63) is 52.4 Å². The van der Waals surface area contributed by atoms with E-state index in [9.17, 15) is 19.5 Å². The Bertz CT molecular complexity index is 1490. The highest BCUT2D eigenvalue weighted by atomic mass is 35.5. The molecule has 1 saturated carbocycles. The molecule has 40 heavy (non-hydrogen) atoms. The van der Waals surface area contributed by atoms with Gasteiger partial charge in [0.2, 0.25) is 11.8 Å². The van der Waals surface area contributed by atoms with Gasteiger partial charge in [-0.3, -0.25) is 14.4 Å². The van der Waals surface area contributed by atoms with Crippen molar-refractivity contribution in [1.82, 2.24) is 24.3 Å². The SMILES string of the molecule is Cn1cnc2cc(COc3ccc(Cl)c4c3C(N3CCCC3=O)N(C(=O)[C@@H]3CCCC[C@@H]3C(=O)O)CC4)cnc21. The van der Waals surface area contributed by atoms with Gasteiger partial charge in [0.25, 0.3) is 0 Å². The summed E-state index contributed by atoms with van der Waals surface area (Å²) in [6, 6.07) is 5.51. The Morgan fingerprint density at radius 1 is 1.10 bits per heavy atom. The number of amides is 2. The third-order valence-electron chi connectivity index (χ3n) is 8.51. The fourth-order valence-corrected chi connectivity index (χ4v) is 6.76. The standard InChI is InChI=1S/C29H32ClN5O5/c1-33-16-32-22-13-17(14-31-26(22)33)15-40-23-9-8-21(30)20-10-12-35(27(25(20)23)34-11-4-7-24(34)36)28(37)18-5-2-3-6-19(18)29(38)39/h8-9,13-14,16,18-19,27H,2-7,10-12,15H2,1H3,(H,38,39)/t18-,19+,27?/m1/s1. The third-order valence-corrected chi connectivity index (χ3v) is 8.86. The van der Waals surface area contributed by atoms with Crippen LogP contribution >= 0.6 is 11.6 Å². The summed E-state index contributed by atoms with van der Waals surface area (Å²) in [7, 11) is 1.89. The molecule has 10 nitrogen and oxygen atoms in total. The van der Waals surface area contributed by atoms with Crippen LogP contribution in [0.25, 0.3) is 11.2 Å². The van der Waals surface area contributed by atoms with Crippen LogP contribution in [0.2, 0.25) is 5.02 Å². The van der Waals surface area contributed by atoms with E-state index < -0.39 is 24.0 Å². The molecule has 11 heteroatoms. The summed E-state index contributed by atoms with van der Waals surface area (Å²) >= 11 is 6.69. The van der Waals surface area contributed by atoms with E-state index in [1.165, 1.54) is 0 Å². The number of hydrogen-bond donors (Lipinski definition) is 1. The number of aromatic nitrogens is 3. The average Bonchev–Trinajstić information content (AvgIpc) is 3.56. The molecule has 1 aliphatic carbocycles. The van der Waals surface area contributed by atoms with Crippen molar-refractivity contribution >= 4 is 40.5 Å². The maximum atomic E-state index is 14.1. The van der Waals surface area contributed by atoms with Crippen LogP contribution in [-0.2, 0) is 34.5 Å². The van der Waals surface area contributed by atoms with E-state index in [0.717, 1.165) is 35.1 Å². The van der Waals surface area contributed by atoms with Crippen LogP contribution in [0.3, 0.4) is 0 Å². The number of fused-ring (bicyclic) bond motifs is 2. The first-order valence-electron chi connectivity index (χ1n) is 13.9. The molecule has 1 saturated heterocycles. The van der Waals surface area contributed by atoms with Gasteiger partial charge in [-0.25, -0.2) is 9.97 Å². The zero-order valence-electron chi connectivity index (χ0n) is 22.4. The molecule has 3 aromatic rings. The predicted molar refractivity (Wildman–Crippen MR) is 146 cm³/mol. The summed E-state index contributed by atoms with van der Waals surface area (Å²) < 4.78 is 8.20. The number of ether oxygens (including phenoxy) is 1. The van der Waals surface area contributed by atoms with Gasteiger partial charge in [0, 0.05) is 48.9 Å². The van der Waals surface area contributed by atoms with E-state index in [-0.39, 0.29) is 18.4 Å². The molecule has 1 aromatic carbocycles. The van der Waals surface area contributed by atoms with Crippen molar-refractivity contribution in [3.63, 3.8) is 0 Å². The first-order valence-corrected chi connectivity index (χ1v) is 14.2. The van der Waals surface area contributed by atoms with E-state index in [0.29, 0.717) is 61.5 Å². The predicted octanol–water partition coefficient (Wildman–Crippen LogP) is 4.10. The molecular formula is C29H32ClN5O5. The van der Waals surface area contributed by atoms with Gasteiger partial charge in [-0.05, 0) is 49.4 Å². The van der Waals surface area contributed by atoms with Crippen LogP contribution in [-0.4, -0.2) is 60.3 Å². The average molecular weight is 566 g/mol. The fraction of sp³-hybridized carbons (Fsp3) is 0.483. The maximum absolute atomic E-state index is 14.1. The van der Waals surface area contributed by atoms with Gasteiger partial charge < -0.3 is 24.2 Å². The van der Waals surface area contributed by atoms with Crippen molar-refractivity contribution in [2.75, 3.05) is 13.1 Å². The van der Waals surface area contributed by atoms with Gasteiger partial charge in [0.1, 0.15) is 24.0 Å². The lowest BCUT2D eigenvalue weighted by Crippen LogP contribution is -2.52. The smallest absolute Gasteiger partial charge is 0.307 e. The monoisotopic (exact) mass is 565 g/mol. The molecule has 0 bridgehead atoms. The summed E-state index contributed by atoms with van der Waals surface area (Å²) in [6.07, 6.45) is 6.97. The van der Waals surface area contributed by atoms with Crippen LogP contribution in [0.4, 0.5) is 0 Å². The Morgan fingerprint density at radius 3 is 2.65 bits per heavy atom. The molecule has 6 rings (SSSR count). The lowest BCUT2D eigenvalue weighted by molar-refractivity contribution is -0.157. The van der Waals surface area contributed by atoms with Gasteiger partial charge in [0.15, 0.2) is 5.65 Å². The maximum Gasteiger partial charge on any atom is 0.307 e. The van der Waals surface area contributed by atoms with Crippen molar-refractivity contribution < 1.29 is 24.2 Å². The van der Waals surface area contributed by atoms with Crippen LogP contribution in [0.5, 0.6) is 5.75 Å². The fourth-order valence-electron chi connectivity index (χ4n) is 6.51. The molecule has 1 N–H and O–H groups in total. The molecule has 2 fully saturated rings. The summed E-state index contributed by atoms with van der Waals surface area (Å²) in [6.45, 7) is 1.07. The van der Waals surface area contributed by atoms with E-state index in [2.05, 4.69) is 9.97 Å². The van der Waals surface area contributed by atoms with E-state index in [4.69, 9.17) is 16.3 Å². The molecule has 2 aromatic heterocycles. The third kappa shape index (κ3) is 4.68. The number of nitrogens with zero attached hydrogens (tertiary/aromatic N) is 5. The van der Waals surface area contributed by atoms with Crippen LogP contribution in [0.1, 0.15) is 61.4 Å². The normalized spacial score (nSPS) is 22.9. The Labute approximate surface area is 236 Å². The van der Waals surface area contributed by atoms with Crippen LogP contribution in [0, 0.1) is 11.8 Å². The molecular weight excluding hydrogens is 534 g/mol. The van der Waals surface area contributed by atoms with Gasteiger partial charge in [-0.2, -0.15) is 0 Å². The molecule has 210 valence electrons. The first-order chi connectivity index (χ1) is 19.3. The highest BCUT2D eigenvalue weighted by Crippen LogP contribution is 2.45. The lowest BCUT2D eigenvalue weighted by Gasteiger charge is -2.45. The Hall–Kier alpha value is -3.66. The molecule has 2 aliphatic heterocycles. The molecule has 2 amide bonds. The number of carboxylic acid groups (broad SMARTS) is 1. The number of hydrogen-bond acceptors (Lipinski definition) is 6. The van der Waals surface area contributed by atoms with Gasteiger partial charge in [-0.15, -0.1) is 0 Å². The molecule has 0 radical (unpaired) electrons. The van der Waals surface area contributed by atoms with Gasteiger partial charge >= 0.3 is 5.97 Å². The summed E-state index contributed by atoms with van der Waals surface area (Å²) in [5.74, 6) is -1.98. The molecule has 4 heterocycles. The number of benzene rings is 1. The molecule has 1 unspecified atom stereocenters. The summed E-state index contributed by atoms with van der Waals surface area (Å²) in [5, 5.41) is 10.4. The number of pyridine rings is 1. The second-order valence-corrected chi connectivity index (χ2v) is 11.4. The molecule has 3 atom stereocenters. The summed E-state index contributed by atoms with van der Waals surface area (Å²) in [4.78, 5) is 51.6. The topological polar surface area (TPSA) is 118 Å². The number of halogens is 1. The largest absolute Gasteiger partial charge is 0.488 e. The minimum Gasteiger partial charge on any atom is -0.488 e. The van der Waals surface area contributed by atoms with Crippen molar-refractivity contribution in [2.24, 2.45) is 18.9 Å². The number of carbonyl (C=O) groups excluding carboxylic acids is 2. The lowest BCUT2D eigenvalue weighted by atomic mass is 9.78. The number of aliphatic carboxylic acids is 1. The number of carbonyl (C=O) groups is 3.